The van der Waals surface area contributed by atoms with Crippen LogP contribution in [0.1, 0.15) is 35.4 Å². The Morgan fingerprint density at radius 1 is 0.840 bits per heavy atom. The van der Waals surface area contributed by atoms with E-state index < -0.39 is 46.8 Å². The largest absolute Gasteiger partial charge is 0.508 e. The van der Waals surface area contributed by atoms with Gasteiger partial charge in [0.15, 0.2) is 0 Å². The van der Waals surface area contributed by atoms with Crippen LogP contribution in [0.5, 0.6) is 11.5 Å². The number of imide groups is 2. The van der Waals surface area contributed by atoms with Crippen LogP contribution in [-0.4, -0.2) is 40.9 Å². The zero-order valence-electron chi connectivity index (χ0n) is 27.4. The number of hydrogen-bond acceptors (Lipinski definition) is 7. The first kappa shape index (κ1) is 31.8. The highest BCUT2D eigenvalue weighted by Gasteiger charge is 2.71. The van der Waals surface area contributed by atoms with Gasteiger partial charge in [-0.05, 0) is 79.8 Å². The van der Waals surface area contributed by atoms with Gasteiger partial charge in [0, 0.05) is 16.5 Å². The van der Waals surface area contributed by atoms with Crippen molar-refractivity contribution in [3.8, 4) is 11.5 Å². The van der Waals surface area contributed by atoms with Crippen LogP contribution in [0.2, 0.25) is 5.02 Å². The van der Waals surface area contributed by atoms with Crippen molar-refractivity contribution >= 4 is 46.6 Å². The molecule has 8 rings (SSSR count). The van der Waals surface area contributed by atoms with E-state index in [0.29, 0.717) is 33.3 Å². The topological polar surface area (TPSA) is 116 Å². The lowest BCUT2D eigenvalue weighted by Crippen LogP contribution is -2.53. The van der Waals surface area contributed by atoms with Crippen molar-refractivity contribution in [2.24, 2.45) is 23.7 Å². The number of halogens is 1. The van der Waals surface area contributed by atoms with Crippen molar-refractivity contribution < 1.29 is 29.0 Å². The quantitative estimate of drug-likeness (QED) is 0.174. The molecule has 9 nitrogen and oxygen atoms in total. The molecular weight excluding hydrogens is 654 g/mol. The molecule has 2 heterocycles. The molecule has 0 bridgehead atoms. The minimum atomic E-state index is -1.53. The molecule has 10 heteroatoms. The Hall–Kier alpha value is -5.41. The molecule has 6 unspecified atom stereocenters. The normalized spacial score (nSPS) is 27.1. The Morgan fingerprint density at radius 3 is 2.26 bits per heavy atom. The van der Waals surface area contributed by atoms with Gasteiger partial charge in [-0.1, -0.05) is 77.3 Å². The number of ether oxygens (including phenoxy) is 1. The Balaban J connectivity index is 1.34. The summed E-state index contributed by atoms with van der Waals surface area (Å²) in [5.41, 5.74) is 5.24. The fraction of sp³-hybridized carbons (Fsp3) is 0.250. The summed E-state index contributed by atoms with van der Waals surface area (Å²) in [5.74, 6) is -5.27. The van der Waals surface area contributed by atoms with Crippen molar-refractivity contribution in [1.29, 1.82) is 0 Å². The maximum atomic E-state index is 15.3. The molecule has 0 radical (unpaired) electrons. The van der Waals surface area contributed by atoms with Gasteiger partial charge in [0.25, 0.3) is 11.8 Å². The van der Waals surface area contributed by atoms with E-state index in [1.165, 1.54) is 18.1 Å². The molecule has 2 saturated heterocycles. The molecule has 6 atom stereocenters. The molecule has 4 aromatic carbocycles. The molecule has 50 heavy (non-hydrogen) atoms. The minimum Gasteiger partial charge on any atom is -0.508 e. The molecule has 2 aliphatic heterocycles. The highest BCUT2D eigenvalue weighted by molar-refractivity contribution is 6.31. The molecular formula is C40H34ClN3O6. The van der Waals surface area contributed by atoms with Crippen LogP contribution in [0.15, 0.2) is 109 Å². The Kier molecular flexibility index (Phi) is 7.56. The smallest absolute Gasteiger partial charge is 0.260 e. The lowest BCUT2D eigenvalue weighted by atomic mass is 9.49. The van der Waals surface area contributed by atoms with E-state index in [0.717, 1.165) is 16.1 Å². The molecule has 2 aliphatic carbocycles. The maximum absolute atomic E-state index is 15.3. The second kappa shape index (κ2) is 11.9. The number of fused-ring (bicyclic) bond motifs is 4. The summed E-state index contributed by atoms with van der Waals surface area (Å²) < 4.78 is 5.84. The monoisotopic (exact) mass is 687 g/mol. The average Bonchev–Trinajstić information content (AvgIpc) is 3.51. The summed E-state index contributed by atoms with van der Waals surface area (Å²) in [7, 11) is 1.49. The number of hydrazine groups is 1. The van der Waals surface area contributed by atoms with Gasteiger partial charge in [0.1, 0.15) is 11.5 Å². The number of hydrogen-bond donors (Lipinski definition) is 2. The molecule has 252 valence electrons. The molecule has 3 fully saturated rings. The third-order valence-electron chi connectivity index (χ3n) is 11.0. The van der Waals surface area contributed by atoms with Gasteiger partial charge in [-0.15, -0.1) is 0 Å². The molecule has 4 amide bonds. The van der Waals surface area contributed by atoms with Gasteiger partial charge < -0.3 is 9.84 Å². The Morgan fingerprint density at radius 2 is 1.56 bits per heavy atom. The van der Waals surface area contributed by atoms with E-state index in [-0.39, 0.29) is 30.4 Å². The average molecular weight is 688 g/mol. The third kappa shape index (κ3) is 4.53. The Bertz CT molecular complexity index is 2080. The lowest BCUT2D eigenvalue weighted by molar-refractivity contribution is -0.138. The van der Waals surface area contributed by atoms with E-state index in [1.807, 2.05) is 55.5 Å². The van der Waals surface area contributed by atoms with Crippen LogP contribution in [0.25, 0.3) is 0 Å². The summed E-state index contributed by atoms with van der Waals surface area (Å²) in [4.78, 5) is 59.7. The number of rotatable bonds is 6. The molecule has 2 N–H and O–H groups in total. The number of methoxy groups -OCH3 is 1. The van der Waals surface area contributed by atoms with Crippen LogP contribution in [-0.2, 0) is 24.6 Å². The fourth-order valence-corrected chi connectivity index (χ4v) is 9.03. The van der Waals surface area contributed by atoms with Gasteiger partial charge in [0.05, 0.1) is 41.7 Å². The van der Waals surface area contributed by atoms with E-state index in [9.17, 15) is 19.5 Å². The zero-order valence-corrected chi connectivity index (χ0v) is 28.1. The minimum absolute atomic E-state index is 0.103. The third-order valence-corrected chi connectivity index (χ3v) is 11.3. The first-order chi connectivity index (χ1) is 24.2. The van der Waals surface area contributed by atoms with Crippen molar-refractivity contribution in [1.82, 2.24) is 5.01 Å². The molecule has 1 saturated carbocycles. The summed E-state index contributed by atoms with van der Waals surface area (Å²) in [6, 6.07) is 28.0. The van der Waals surface area contributed by atoms with E-state index in [2.05, 4.69) is 5.43 Å². The highest BCUT2D eigenvalue weighted by Crippen LogP contribution is 2.66. The summed E-state index contributed by atoms with van der Waals surface area (Å²) in [5, 5.41) is 13.2. The number of nitrogens with one attached hydrogen (secondary N) is 1. The predicted molar refractivity (Wildman–Crippen MR) is 187 cm³/mol. The number of aryl methyl sites for hydroxylation is 1. The second-order valence-electron chi connectivity index (χ2n) is 13.5. The van der Waals surface area contributed by atoms with Crippen LogP contribution >= 0.6 is 11.6 Å². The van der Waals surface area contributed by atoms with Crippen molar-refractivity contribution in [2.45, 2.75) is 31.1 Å². The number of amides is 4. The van der Waals surface area contributed by atoms with Gasteiger partial charge in [-0.2, -0.15) is 5.01 Å². The number of aromatic hydroxyl groups is 1. The Labute approximate surface area is 294 Å². The first-order valence-electron chi connectivity index (χ1n) is 16.6. The zero-order chi connectivity index (χ0) is 34.9. The van der Waals surface area contributed by atoms with Crippen LogP contribution in [0, 0.1) is 30.6 Å². The first-order valence-corrected chi connectivity index (χ1v) is 17.0. The predicted octanol–water partition coefficient (Wildman–Crippen LogP) is 6.55. The molecule has 0 aromatic heterocycles. The summed E-state index contributed by atoms with van der Waals surface area (Å²) in [6.07, 6.45) is 2.34. The van der Waals surface area contributed by atoms with Crippen LogP contribution in [0.4, 0.5) is 11.4 Å². The van der Waals surface area contributed by atoms with Crippen LogP contribution in [0.3, 0.4) is 0 Å². The number of benzene rings is 4. The van der Waals surface area contributed by atoms with E-state index in [1.54, 1.807) is 48.5 Å². The van der Waals surface area contributed by atoms with Gasteiger partial charge >= 0.3 is 0 Å². The van der Waals surface area contributed by atoms with Gasteiger partial charge in [-0.3, -0.25) is 29.5 Å². The maximum Gasteiger partial charge on any atom is 0.260 e. The van der Waals surface area contributed by atoms with E-state index in [4.69, 9.17) is 16.3 Å². The summed E-state index contributed by atoms with van der Waals surface area (Å²) >= 11 is 6.13. The van der Waals surface area contributed by atoms with Crippen molar-refractivity contribution in [2.75, 3.05) is 17.4 Å². The number of carbonyl (C=O) groups is 4. The SMILES string of the molecule is COc1cccc(O)c1C1C2=CCC3C(=O)N(c4ccc(Cl)cc4)C(=O)C3C2CC2C(=O)N(Nc3ccc(C)cc3)C(=O)C21c1ccccc1. The number of carbonyl (C=O) groups excluding carboxylic acids is 4. The molecule has 4 aliphatic rings. The number of anilines is 2. The second-order valence-corrected chi connectivity index (χ2v) is 13.9. The lowest BCUT2D eigenvalue weighted by Gasteiger charge is -2.50. The fourth-order valence-electron chi connectivity index (χ4n) is 8.91. The van der Waals surface area contributed by atoms with Crippen molar-refractivity contribution in [3.63, 3.8) is 0 Å². The van der Waals surface area contributed by atoms with Gasteiger partial charge in [0.2, 0.25) is 11.8 Å². The number of allylic oxidation sites excluding steroid dienone is 2. The highest BCUT2D eigenvalue weighted by atomic mass is 35.5. The van der Waals surface area contributed by atoms with E-state index >= 15 is 4.79 Å². The number of phenolic OH excluding ortho intramolecular Hbond substituents is 1. The standard InChI is InChI=1S/C40H34ClN3O6/c1-22-11-15-25(16-12-22)42-44-37(47)30-21-29-27(19-20-28-33(29)38(48)43(36(28)46)26-17-13-24(41)14-18-26)35(34-31(45)9-6-10-32(34)50-2)40(30,39(44)49)23-7-4-3-5-8-23/h3-19,28-30,33,35,42,45H,20-21H2,1-2H3. The van der Waals surface area contributed by atoms with Crippen molar-refractivity contribution in [3.05, 3.63) is 130 Å². The van der Waals surface area contributed by atoms with Crippen LogP contribution < -0.4 is 15.1 Å². The summed E-state index contributed by atoms with van der Waals surface area (Å²) in [6.45, 7) is 1.95. The number of nitrogens with zero attached hydrogens (tertiary/aromatic N) is 2. The van der Waals surface area contributed by atoms with Gasteiger partial charge in [-0.25, -0.2) is 0 Å². The molecule has 0 spiro atoms. The number of phenols is 1. The molecule has 4 aromatic rings.